The molecule has 0 aliphatic heterocycles. The summed E-state index contributed by atoms with van der Waals surface area (Å²) in [4.78, 5) is 0. The monoisotopic (exact) mass is 275 g/mol. The third-order valence-electron chi connectivity index (χ3n) is 4.80. The van der Waals surface area contributed by atoms with Crippen molar-refractivity contribution in [2.75, 3.05) is 0 Å². The quantitative estimate of drug-likeness (QED) is 0.595. The molecule has 2 aromatic carbocycles. The molecule has 0 bridgehead atoms. The zero-order valence-corrected chi connectivity index (χ0v) is 12.3. The maximum Gasteiger partial charge on any atom is 0.0491 e. The van der Waals surface area contributed by atoms with Crippen molar-refractivity contribution in [1.29, 1.82) is 0 Å². The van der Waals surface area contributed by atoms with Gasteiger partial charge in [-0.15, -0.1) is 0 Å². The fraction of sp³-hybridized carbons (Fsp3) is 0.300. The van der Waals surface area contributed by atoms with Crippen molar-refractivity contribution in [3.05, 3.63) is 60.7 Å². The summed E-state index contributed by atoms with van der Waals surface area (Å²) >= 11 is 0. The minimum atomic E-state index is 0.850. The van der Waals surface area contributed by atoms with Crippen molar-refractivity contribution in [2.24, 2.45) is 5.92 Å². The highest BCUT2D eigenvalue weighted by Crippen LogP contribution is 2.32. The van der Waals surface area contributed by atoms with Gasteiger partial charge in [0.1, 0.15) is 0 Å². The molecule has 0 spiro atoms. The summed E-state index contributed by atoms with van der Waals surface area (Å²) in [5.74, 6) is 0.850. The summed E-state index contributed by atoms with van der Waals surface area (Å²) in [5.41, 5.74) is 4.07. The summed E-state index contributed by atoms with van der Waals surface area (Å²) in [6, 6.07) is 21.9. The fourth-order valence-corrected chi connectivity index (χ4v) is 3.71. The summed E-state index contributed by atoms with van der Waals surface area (Å²) in [6.07, 6.45) is 5.59. The molecule has 0 saturated heterocycles. The molecule has 1 nitrogen and oxygen atoms in total. The van der Waals surface area contributed by atoms with Crippen LogP contribution in [0.4, 0.5) is 0 Å². The summed E-state index contributed by atoms with van der Waals surface area (Å²) in [7, 11) is 0. The molecule has 1 heterocycles. The van der Waals surface area contributed by atoms with E-state index in [0.29, 0.717) is 0 Å². The molecule has 0 radical (unpaired) electrons. The first kappa shape index (κ1) is 12.7. The average Bonchev–Trinajstić information content (AvgIpc) is 3.17. The lowest BCUT2D eigenvalue weighted by molar-refractivity contribution is 0.468. The number of benzene rings is 2. The van der Waals surface area contributed by atoms with Gasteiger partial charge in [0.05, 0.1) is 0 Å². The van der Waals surface area contributed by atoms with Gasteiger partial charge >= 0.3 is 0 Å². The average molecular weight is 275 g/mol. The summed E-state index contributed by atoms with van der Waals surface area (Å²) < 4.78 is 2.54. The molecule has 0 unspecified atom stereocenters. The number of rotatable bonds is 3. The van der Waals surface area contributed by atoms with Gasteiger partial charge < -0.3 is 4.57 Å². The number of nitrogens with zero attached hydrogens (tertiary/aromatic N) is 1. The van der Waals surface area contributed by atoms with Gasteiger partial charge in [0.15, 0.2) is 0 Å². The van der Waals surface area contributed by atoms with Crippen LogP contribution in [0.1, 0.15) is 25.7 Å². The van der Waals surface area contributed by atoms with E-state index in [1.807, 2.05) is 0 Å². The molecule has 1 aliphatic carbocycles. The van der Waals surface area contributed by atoms with Crippen LogP contribution in [0.3, 0.4) is 0 Å². The van der Waals surface area contributed by atoms with Crippen molar-refractivity contribution in [1.82, 2.24) is 4.57 Å². The van der Waals surface area contributed by atoms with Gasteiger partial charge in [-0.2, -0.15) is 0 Å². The Balaban J connectivity index is 1.84. The molecule has 3 aromatic rings. The highest BCUT2D eigenvalue weighted by Gasteiger charge is 2.18. The second kappa shape index (κ2) is 5.40. The van der Waals surface area contributed by atoms with Crippen molar-refractivity contribution < 1.29 is 0 Å². The second-order valence-corrected chi connectivity index (χ2v) is 6.22. The van der Waals surface area contributed by atoms with E-state index in [2.05, 4.69) is 65.2 Å². The Morgan fingerprint density at radius 1 is 0.857 bits per heavy atom. The van der Waals surface area contributed by atoms with Crippen molar-refractivity contribution >= 4 is 10.9 Å². The predicted octanol–water partition coefficient (Wildman–Crippen LogP) is 5.50. The minimum absolute atomic E-state index is 0.850. The Kier molecular flexibility index (Phi) is 3.27. The van der Waals surface area contributed by atoms with Crippen molar-refractivity contribution in [2.45, 2.75) is 32.2 Å². The minimum Gasteiger partial charge on any atom is -0.340 e. The van der Waals surface area contributed by atoms with Gasteiger partial charge in [-0.3, -0.25) is 0 Å². The highest BCUT2D eigenvalue weighted by atomic mass is 15.0. The standard InChI is InChI=1S/C20H21N/c1-2-10-17(11-3-1)20-14-18-12-6-7-13-19(18)21(20)15-16-8-4-5-9-16/h1-3,6-7,10-14,16H,4-5,8-9,15H2. The van der Waals surface area contributed by atoms with Crippen LogP contribution in [0.25, 0.3) is 22.2 Å². The third kappa shape index (κ3) is 2.37. The molecule has 0 atom stereocenters. The van der Waals surface area contributed by atoms with E-state index >= 15 is 0 Å². The molecule has 1 fully saturated rings. The topological polar surface area (TPSA) is 4.93 Å². The Labute approximate surface area is 126 Å². The van der Waals surface area contributed by atoms with Crippen LogP contribution in [0, 0.1) is 5.92 Å². The Hall–Kier alpha value is -2.02. The molecule has 4 rings (SSSR count). The summed E-state index contributed by atoms with van der Waals surface area (Å²) in [5, 5.41) is 1.36. The van der Waals surface area contributed by atoms with E-state index in [-0.39, 0.29) is 0 Å². The van der Waals surface area contributed by atoms with Gasteiger partial charge in [-0.1, -0.05) is 61.4 Å². The molecule has 21 heavy (non-hydrogen) atoms. The summed E-state index contributed by atoms with van der Waals surface area (Å²) in [6.45, 7) is 1.16. The molecule has 1 aromatic heterocycles. The van der Waals surface area contributed by atoms with Crippen LogP contribution in [-0.4, -0.2) is 4.57 Å². The number of aromatic nitrogens is 1. The van der Waals surface area contributed by atoms with Crippen LogP contribution in [-0.2, 0) is 6.54 Å². The van der Waals surface area contributed by atoms with E-state index in [1.165, 1.54) is 47.8 Å². The molecule has 1 heteroatoms. The molecule has 0 amide bonds. The zero-order chi connectivity index (χ0) is 14.1. The van der Waals surface area contributed by atoms with E-state index in [4.69, 9.17) is 0 Å². The molecular formula is C20H21N. The highest BCUT2D eigenvalue weighted by molar-refractivity contribution is 5.87. The van der Waals surface area contributed by atoms with Crippen molar-refractivity contribution in [3.63, 3.8) is 0 Å². The maximum absolute atomic E-state index is 2.54. The number of fused-ring (bicyclic) bond motifs is 1. The lowest BCUT2D eigenvalue weighted by atomic mass is 10.1. The van der Waals surface area contributed by atoms with Crippen LogP contribution >= 0.6 is 0 Å². The predicted molar refractivity (Wildman–Crippen MR) is 89.3 cm³/mol. The zero-order valence-electron chi connectivity index (χ0n) is 12.3. The molecule has 1 aliphatic rings. The Bertz CT molecular complexity index is 733. The smallest absolute Gasteiger partial charge is 0.0491 e. The molecule has 1 saturated carbocycles. The number of hydrogen-bond acceptors (Lipinski definition) is 0. The fourth-order valence-electron chi connectivity index (χ4n) is 3.71. The maximum atomic E-state index is 2.54. The van der Waals surface area contributed by atoms with E-state index in [9.17, 15) is 0 Å². The number of hydrogen-bond donors (Lipinski definition) is 0. The van der Waals surface area contributed by atoms with Gasteiger partial charge in [0.25, 0.3) is 0 Å². The van der Waals surface area contributed by atoms with Crippen LogP contribution in [0.5, 0.6) is 0 Å². The van der Waals surface area contributed by atoms with Crippen molar-refractivity contribution in [3.8, 4) is 11.3 Å². The van der Waals surface area contributed by atoms with Crippen LogP contribution < -0.4 is 0 Å². The lowest BCUT2D eigenvalue weighted by Crippen LogP contribution is -2.08. The first-order valence-electron chi connectivity index (χ1n) is 8.05. The normalized spacial score (nSPS) is 15.8. The Morgan fingerprint density at radius 3 is 2.38 bits per heavy atom. The van der Waals surface area contributed by atoms with Gasteiger partial charge in [-0.05, 0) is 36.5 Å². The van der Waals surface area contributed by atoms with Gasteiger partial charge in [0.2, 0.25) is 0 Å². The SMILES string of the molecule is c1ccc(-c2cc3ccccc3n2CC2CCCC2)cc1. The van der Waals surface area contributed by atoms with Gasteiger partial charge in [0, 0.05) is 23.1 Å². The number of para-hydroxylation sites is 1. The van der Waals surface area contributed by atoms with Crippen LogP contribution in [0.15, 0.2) is 60.7 Å². The van der Waals surface area contributed by atoms with Crippen LogP contribution in [0.2, 0.25) is 0 Å². The first-order chi connectivity index (χ1) is 10.4. The third-order valence-corrected chi connectivity index (χ3v) is 4.80. The second-order valence-electron chi connectivity index (χ2n) is 6.22. The molecular weight excluding hydrogens is 254 g/mol. The van der Waals surface area contributed by atoms with E-state index in [0.717, 1.165) is 12.5 Å². The molecule has 0 N–H and O–H groups in total. The largest absolute Gasteiger partial charge is 0.340 e. The van der Waals surface area contributed by atoms with E-state index < -0.39 is 0 Å². The Morgan fingerprint density at radius 2 is 1.57 bits per heavy atom. The molecule has 106 valence electrons. The van der Waals surface area contributed by atoms with Gasteiger partial charge in [-0.25, -0.2) is 0 Å². The lowest BCUT2D eigenvalue weighted by Gasteiger charge is -2.15. The first-order valence-corrected chi connectivity index (χ1v) is 8.05. The van der Waals surface area contributed by atoms with E-state index in [1.54, 1.807) is 0 Å².